The van der Waals surface area contributed by atoms with E-state index in [0.717, 1.165) is 4.57 Å². The Morgan fingerprint density at radius 1 is 0.821 bits per heavy atom. The molecule has 0 unspecified atom stereocenters. The maximum Gasteiger partial charge on any atom is 0.326 e. The molecular formula is C24H39N5O10. The predicted octanol–water partition coefficient (Wildman–Crippen LogP) is -1.83. The number of carbonyl (C=O) groups excluding carboxylic acids is 1. The number of aryl methyl sites for hydroxylation is 1. The van der Waals surface area contributed by atoms with Crippen LogP contribution in [0, 0.1) is 6.92 Å². The first-order valence-electron chi connectivity index (χ1n) is 12.5. The number of hydrogen-bond donors (Lipinski definition) is 5. The molecule has 2 heterocycles. The summed E-state index contributed by atoms with van der Waals surface area (Å²) in [5, 5.41) is 39.4. The number of aromatic nitrogens is 1. The number of pyridine rings is 1. The summed E-state index contributed by atoms with van der Waals surface area (Å²) < 4.78 is 5.80. The van der Waals surface area contributed by atoms with Crippen LogP contribution < -0.4 is 10.9 Å². The monoisotopic (exact) mass is 557 g/mol. The van der Waals surface area contributed by atoms with Crippen LogP contribution in [-0.2, 0) is 30.5 Å². The molecule has 1 aromatic rings. The molecule has 0 atom stereocenters. The fourth-order valence-corrected chi connectivity index (χ4v) is 3.67. The van der Waals surface area contributed by atoms with Crippen molar-refractivity contribution in [3.05, 3.63) is 28.2 Å². The lowest BCUT2D eigenvalue weighted by Gasteiger charge is -2.29. The summed E-state index contributed by atoms with van der Waals surface area (Å²) in [5.41, 5.74) is -0.0943. The molecule has 0 bridgehead atoms. The lowest BCUT2D eigenvalue weighted by atomic mass is 10.3. The zero-order valence-corrected chi connectivity index (χ0v) is 22.4. The van der Waals surface area contributed by atoms with E-state index in [0.29, 0.717) is 57.9 Å². The highest BCUT2D eigenvalue weighted by Gasteiger charge is 2.17. The molecule has 220 valence electrons. The average Bonchev–Trinajstić information content (AvgIpc) is 2.84. The van der Waals surface area contributed by atoms with E-state index in [9.17, 15) is 29.1 Å². The first kappa shape index (κ1) is 33.5. The van der Waals surface area contributed by atoms with E-state index in [1.807, 2.05) is 0 Å². The largest absolute Gasteiger partial charge is 0.503 e. The van der Waals surface area contributed by atoms with Crippen LogP contribution in [0.1, 0.15) is 12.5 Å². The molecule has 0 spiro atoms. The van der Waals surface area contributed by atoms with E-state index >= 15 is 0 Å². The van der Waals surface area contributed by atoms with E-state index in [4.69, 9.17) is 20.1 Å². The van der Waals surface area contributed by atoms with Crippen LogP contribution in [0.25, 0.3) is 0 Å². The Morgan fingerprint density at radius 2 is 1.26 bits per heavy atom. The van der Waals surface area contributed by atoms with Crippen molar-refractivity contribution in [1.29, 1.82) is 0 Å². The summed E-state index contributed by atoms with van der Waals surface area (Å²) in [6, 6.07) is 1.57. The Balaban J connectivity index is 0.000000434. The second-order valence-corrected chi connectivity index (χ2v) is 8.85. The minimum atomic E-state index is -0.960. The molecule has 2 rings (SSSR count). The second kappa shape index (κ2) is 17.9. The van der Waals surface area contributed by atoms with Crippen LogP contribution in [-0.4, -0.2) is 142 Å². The van der Waals surface area contributed by atoms with Crippen molar-refractivity contribution >= 4 is 23.9 Å². The van der Waals surface area contributed by atoms with E-state index in [-0.39, 0.29) is 38.5 Å². The van der Waals surface area contributed by atoms with Crippen LogP contribution in [0.15, 0.2) is 17.1 Å². The van der Waals surface area contributed by atoms with Crippen LogP contribution in [0.4, 0.5) is 0 Å². The van der Waals surface area contributed by atoms with Gasteiger partial charge in [-0.05, 0) is 25.5 Å². The molecule has 5 N–H and O–H groups in total. The maximum absolute atomic E-state index is 11.4. The maximum atomic E-state index is 11.4. The number of rotatable bonds is 9. The fraction of sp³-hybridized carbons (Fsp3) is 0.625. The molecule has 1 aliphatic rings. The van der Waals surface area contributed by atoms with Gasteiger partial charge in [-0.15, -0.1) is 0 Å². The van der Waals surface area contributed by atoms with Gasteiger partial charge >= 0.3 is 23.9 Å². The number of carboxylic acids is 3. The Hall–Kier alpha value is -3.53. The lowest BCUT2D eigenvalue weighted by Crippen LogP contribution is -2.47. The van der Waals surface area contributed by atoms with Crippen molar-refractivity contribution in [3.63, 3.8) is 0 Å². The topological polar surface area (TPSA) is 202 Å². The number of aromatic hydroxyl groups is 1. The highest BCUT2D eigenvalue weighted by Crippen LogP contribution is 2.07. The lowest BCUT2D eigenvalue weighted by molar-refractivity contribution is -0.144. The van der Waals surface area contributed by atoms with Gasteiger partial charge < -0.3 is 35.0 Å². The van der Waals surface area contributed by atoms with Crippen molar-refractivity contribution in [3.8, 4) is 5.75 Å². The van der Waals surface area contributed by atoms with E-state index < -0.39 is 29.4 Å². The van der Waals surface area contributed by atoms with Crippen molar-refractivity contribution in [2.45, 2.75) is 20.4 Å². The number of carbonyl (C=O) groups is 4. The standard InChI is InChI=1S/C14H26N4O6.C10H13NO4/c19-12(20)9-16-3-1-15-2-4-17(10-13(21)22)6-8-18(7-5-16)11-14(23)24;1-3-15-8(12)6-11-5-4-7(2)9(13)10(11)14/h15H,1-11H2,(H,19,20)(H,21,22)(H,23,24);4-5,13H,3,6H2,1-2H3. The number of nitrogens with one attached hydrogen (secondary N) is 1. The zero-order chi connectivity index (χ0) is 29.4. The quantitative estimate of drug-likeness (QED) is 0.212. The number of hydrogen-bond acceptors (Lipinski definition) is 11. The molecule has 0 saturated carbocycles. The summed E-state index contributed by atoms with van der Waals surface area (Å²) >= 11 is 0. The summed E-state index contributed by atoms with van der Waals surface area (Å²) in [6.45, 7) is 7.03. The smallest absolute Gasteiger partial charge is 0.326 e. The molecule has 0 radical (unpaired) electrons. The van der Waals surface area contributed by atoms with Crippen LogP contribution in [0.2, 0.25) is 0 Å². The van der Waals surface area contributed by atoms with Crippen molar-refractivity contribution in [1.82, 2.24) is 24.6 Å². The fourth-order valence-electron chi connectivity index (χ4n) is 3.67. The van der Waals surface area contributed by atoms with Crippen LogP contribution in [0.5, 0.6) is 5.75 Å². The molecule has 15 nitrogen and oxygen atoms in total. The second-order valence-electron chi connectivity index (χ2n) is 8.85. The van der Waals surface area contributed by atoms with Gasteiger partial charge in [0.25, 0.3) is 5.56 Å². The van der Waals surface area contributed by atoms with Gasteiger partial charge in [-0.3, -0.25) is 38.7 Å². The number of carboxylic acid groups (broad SMARTS) is 3. The normalized spacial score (nSPS) is 16.2. The third-order valence-electron chi connectivity index (χ3n) is 5.70. The first-order chi connectivity index (χ1) is 18.4. The van der Waals surface area contributed by atoms with E-state index in [1.165, 1.54) is 6.20 Å². The predicted molar refractivity (Wildman–Crippen MR) is 139 cm³/mol. The van der Waals surface area contributed by atoms with Gasteiger partial charge in [-0.1, -0.05) is 0 Å². The first-order valence-corrected chi connectivity index (χ1v) is 12.5. The molecule has 39 heavy (non-hydrogen) atoms. The van der Waals surface area contributed by atoms with Crippen LogP contribution in [0.3, 0.4) is 0 Å². The van der Waals surface area contributed by atoms with Crippen molar-refractivity contribution < 1.29 is 44.3 Å². The van der Waals surface area contributed by atoms with E-state index in [1.54, 1.807) is 34.6 Å². The SMILES string of the molecule is CCOC(=O)Cn1ccc(C)c(O)c1=O.O=C(O)CN1CCNCCN(CC(=O)O)CCN(CC(=O)O)CC1. The van der Waals surface area contributed by atoms with Crippen LogP contribution >= 0.6 is 0 Å². The minimum Gasteiger partial charge on any atom is -0.503 e. The Morgan fingerprint density at radius 3 is 1.67 bits per heavy atom. The number of aliphatic carboxylic acids is 3. The van der Waals surface area contributed by atoms with Gasteiger partial charge in [0.15, 0.2) is 5.75 Å². The molecular weight excluding hydrogens is 518 g/mol. The van der Waals surface area contributed by atoms with Gasteiger partial charge in [0, 0.05) is 58.6 Å². The van der Waals surface area contributed by atoms with E-state index in [2.05, 4.69) is 5.32 Å². The average molecular weight is 558 g/mol. The Labute approximate surface area is 226 Å². The molecule has 0 amide bonds. The molecule has 1 fully saturated rings. The molecule has 1 aromatic heterocycles. The molecule has 0 aliphatic carbocycles. The Bertz CT molecular complexity index is 986. The molecule has 0 aromatic carbocycles. The number of nitrogens with zero attached hydrogens (tertiary/aromatic N) is 4. The Kier molecular flexibility index (Phi) is 15.4. The van der Waals surface area contributed by atoms with Gasteiger partial charge in [0.1, 0.15) is 6.54 Å². The van der Waals surface area contributed by atoms with Gasteiger partial charge in [0.2, 0.25) is 0 Å². The third-order valence-corrected chi connectivity index (χ3v) is 5.70. The molecule has 1 aliphatic heterocycles. The summed E-state index contributed by atoms with van der Waals surface area (Å²) in [7, 11) is 0. The molecule has 15 heteroatoms. The summed E-state index contributed by atoms with van der Waals surface area (Å²) in [6.07, 6.45) is 1.45. The van der Waals surface area contributed by atoms with Gasteiger partial charge in [0.05, 0.1) is 26.2 Å². The minimum absolute atomic E-state index is 0.0896. The number of ether oxygens (including phenoxy) is 1. The van der Waals surface area contributed by atoms with Crippen molar-refractivity contribution in [2.75, 3.05) is 78.6 Å². The van der Waals surface area contributed by atoms with Gasteiger partial charge in [-0.2, -0.15) is 0 Å². The highest BCUT2D eigenvalue weighted by molar-refractivity contribution is 5.70. The highest BCUT2D eigenvalue weighted by atomic mass is 16.5. The summed E-state index contributed by atoms with van der Waals surface area (Å²) in [4.78, 5) is 60.6. The summed E-state index contributed by atoms with van der Waals surface area (Å²) in [5.74, 6) is -3.62. The van der Waals surface area contributed by atoms with Gasteiger partial charge in [-0.25, -0.2) is 0 Å². The molecule has 1 saturated heterocycles. The zero-order valence-electron chi connectivity index (χ0n) is 22.4. The third kappa shape index (κ3) is 14.3. The number of esters is 1. The van der Waals surface area contributed by atoms with Crippen molar-refractivity contribution in [2.24, 2.45) is 0 Å².